The van der Waals surface area contributed by atoms with E-state index in [0.29, 0.717) is 31.4 Å². The van der Waals surface area contributed by atoms with Crippen LogP contribution in [0.3, 0.4) is 0 Å². The molecule has 0 atom stereocenters. The van der Waals surface area contributed by atoms with Crippen molar-refractivity contribution in [3.05, 3.63) is 92.3 Å². The lowest BCUT2D eigenvalue weighted by Crippen LogP contribution is -2.27. The average Bonchev–Trinajstić information content (AvgIpc) is 3.09. The van der Waals surface area contributed by atoms with E-state index < -0.39 is 0 Å². The summed E-state index contributed by atoms with van der Waals surface area (Å²) in [6.07, 6.45) is 1.78. The standard InChI is InChI=1S/C25H18BrClN2O3S2/c1-15-2-9-19(13-21(15)27)29-24(31)22(34-25(29)33)12-16-3-10-20(11-4-16)32-14-23(30)28-18-7-5-17(26)6-8-18/h2-13H,14H2,1H3,(H,28,30)/b22-12-. The van der Waals surface area contributed by atoms with Crippen molar-refractivity contribution in [1.29, 1.82) is 0 Å². The van der Waals surface area contributed by atoms with Crippen LogP contribution in [0.2, 0.25) is 5.02 Å². The van der Waals surface area contributed by atoms with Gasteiger partial charge in [0.15, 0.2) is 10.9 Å². The monoisotopic (exact) mass is 572 g/mol. The molecule has 1 aliphatic heterocycles. The van der Waals surface area contributed by atoms with E-state index in [1.54, 1.807) is 36.4 Å². The minimum absolute atomic E-state index is 0.118. The molecule has 3 aromatic rings. The second-order valence-corrected chi connectivity index (χ2v) is 10.4. The van der Waals surface area contributed by atoms with Gasteiger partial charge >= 0.3 is 0 Å². The maximum absolute atomic E-state index is 13.0. The fourth-order valence-corrected chi connectivity index (χ4v) is 4.84. The summed E-state index contributed by atoms with van der Waals surface area (Å²) in [5, 5.41) is 3.35. The third kappa shape index (κ3) is 5.88. The Kier molecular flexibility index (Phi) is 7.73. The number of nitrogens with zero attached hydrogens (tertiary/aromatic N) is 1. The molecule has 0 aliphatic carbocycles. The average molecular weight is 574 g/mol. The molecule has 0 bridgehead atoms. The summed E-state index contributed by atoms with van der Waals surface area (Å²) in [6.45, 7) is 1.78. The minimum atomic E-state index is -0.258. The molecule has 0 unspecified atom stereocenters. The lowest BCUT2D eigenvalue weighted by molar-refractivity contribution is -0.118. The van der Waals surface area contributed by atoms with E-state index >= 15 is 0 Å². The first-order valence-corrected chi connectivity index (χ1v) is 12.5. The second-order valence-electron chi connectivity index (χ2n) is 7.36. The molecule has 2 amide bonds. The SMILES string of the molecule is Cc1ccc(N2C(=O)/C(=C/c3ccc(OCC(=O)Nc4ccc(Br)cc4)cc3)SC2=S)cc1Cl. The number of thioether (sulfide) groups is 1. The molecule has 0 radical (unpaired) electrons. The van der Waals surface area contributed by atoms with Gasteiger partial charge in [0.05, 0.1) is 10.6 Å². The Hall–Kier alpha value is -2.65. The second kappa shape index (κ2) is 10.7. The summed E-state index contributed by atoms with van der Waals surface area (Å²) in [7, 11) is 0. The molecular formula is C25H18BrClN2O3S2. The van der Waals surface area contributed by atoms with Crippen molar-refractivity contribution >= 4 is 85.1 Å². The third-order valence-corrected chi connectivity index (χ3v) is 7.12. The van der Waals surface area contributed by atoms with Gasteiger partial charge in [0.25, 0.3) is 11.8 Å². The first-order valence-electron chi connectivity index (χ1n) is 10.1. The molecule has 3 aromatic carbocycles. The van der Waals surface area contributed by atoms with Gasteiger partial charge in [-0.2, -0.15) is 0 Å². The molecule has 0 saturated carbocycles. The zero-order chi connectivity index (χ0) is 24.2. The Balaban J connectivity index is 1.38. The Morgan fingerprint density at radius 1 is 1.15 bits per heavy atom. The summed E-state index contributed by atoms with van der Waals surface area (Å²) >= 11 is 16.2. The first-order chi connectivity index (χ1) is 16.3. The normalized spacial score (nSPS) is 14.6. The maximum Gasteiger partial charge on any atom is 0.270 e. The van der Waals surface area contributed by atoms with Gasteiger partial charge < -0.3 is 10.1 Å². The topological polar surface area (TPSA) is 58.6 Å². The number of aryl methyl sites for hydroxylation is 1. The highest BCUT2D eigenvalue weighted by Crippen LogP contribution is 2.37. The van der Waals surface area contributed by atoms with Crippen LogP contribution in [0, 0.1) is 6.92 Å². The molecule has 4 rings (SSSR count). The molecule has 5 nitrogen and oxygen atoms in total. The van der Waals surface area contributed by atoms with Crippen LogP contribution >= 0.6 is 51.5 Å². The Morgan fingerprint density at radius 2 is 1.85 bits per heavy atom. The summed E-state index contributed by atoms with van der Waals surface area (Å²) < 4.78 is 6.95. The number of thiocarbonyl (C=S) groups is 1. The van der Waals surface area contributed by atoms with Crippen molar-refractivity contribution < 1.29 is 14.3 Å². The van der Waals surface area contributed by atoms with Crippen LogP contribution in [-0.4, -0.2) is 22.7 Å². The third-order valence-electron chi connectivity index (χ3n) is 4.88. The van der Waals surface area contributed by atoms with Crippen LogP contribution in [0.15, 0.2) is 76.1 Å². The van der Waals surface area contributed by atoms with E-state index in [0.717, 1.165) is 15.6 Å². The van der Waals surface area contributed by atoms with Gasteiger partial charge in [-0.05, 0) is 72.7 Å². The number of halogens is 2. The largest absolute Gasteiger partial charge is 0.484 e. The van der Waals surface area contributed by atoms with Crippen molar-refractivity contribution in [3.8, 4) is 5.75 Å². The molecule has 1 saturated heterocycles. The number of rotatable bonds is 6. The summed E-state index contributed by atoms with van der Waals surface area (Å²) in [4.78, 5) is 27.1. The fraction of sp³-hybridized carbons (Fsp3) is 0.0800. The molecule has 34 heavy (non-hydrogen) atoms. The van der Waals surface area contributed by atoms with Gasteiger partial charge in [-0.15, -0.1) is 0 Å². The van der Waals surface area contributed by atoms with Crippen LogP contribution < -0.4 is 15.0 Å². The van der Waals surface area contributed by atoms with E-state index in [-0.39, 0.29) is 18.4 Å². The molecule has 0 spiro atoms. The predicted molar refractivity (Wildman–Crippen MR) is 147 cm³/mol. The van der Waals surface area contributed by atoms with Crippen molar-refractivity contribution in [1.82, 2.24) is 0 Å². The molecule has 0 aromatic heterocycles. The number of benzene rings is 3. The van der Waals surface area contributed by atoms with Crippen molar-refractivity contribution in [2.45, 2.75) is 6.92 Å². The number of nitrogens with one attached hydrogen (secondary N) is 1. The summed E-state index contributed by atoms with van der Waals surface area (Å²) in [5.74, 6) is 0.0936. The quantitative estimate of drug-likeness (QED) is 0.259. The van der Waals surface area contributed by atoms with Gasteiger partial charge in [-0.3, -0.25) is 14.5 Å². The molecule has 1 N–H and O–H groups in total. The Morgan fingerprint density at radius 3 is 2.53 bits per heavy atom. The molecule has 1 fully saturated rings. The highest BCUT2D eigenvalue weighted by atomic mass is 79.9. The Labute approximate surface area is 220 Å². The van der Waals surface area contributed by atoms with Gasteiger partial charge in [-0.1, -0.05) is 69.7 Å². The van der Waals surface area contributed by atoms with Gasteiger partial charge in [0.2, 0.25) is 0 Å². The highest BCUT2D eigenvalue weighted by molar-refractivity contribution is 9.10. The zero-order valence-electron chi connectivity index (χ0n) is 17.9. The van der Waals surface area contributed by atoms with E-state index in [4.69, 9.17) is 28.6 Å². The number of ether oxygens (including phenoxy) is 1. The predicted octanol–water partition coefficient (Wildman–Crippen LogP) is 6.83. The molecule has 9 heteroatoms. The van der Waals surface area contributed by atoms with E-state index in [9.17, 15) is 9.59 Å². The zero-order valence-corrected chi connectivity index (χ0v) is 21.9. The first kappa shape index (κ1) is 24.5. The van der Waals surface area contributed by atoms with Crippen molar-refractivity contribution in [2.75, 3.05) is 16.8 Å². The molecule has 1 aliphatic rings. The highest BCUT2D eigenvalue weighted by Gasteiger charge is 2.33. The van der Waals surface area contributed by atoms with Crippen molar-refractivity contribution in [3.63, 3.8) is 0 Å². The number of amides is 2. The van der Waals surface area contributed by atoms with Crippen LogP contribution in [0.1, 0.15) is 11.1 Å². The van der Waals surface area contributed by atoms with Crippen molar-refractivity contribution in [2.24, 2.45) is 0 Å². The number of carbonyl (C=O) groups is 2. The maximum atomic E-state index is 13.0. The van der Waals surface area contributed by atoms with Crippen LogP contribution in [0.4, 0.5) is 11.4 Å². The van der Waals surface area contributed by atoms with E-state index in [1.807, 2.05) is 43.3 Å². The number of hydrogen-bond donors (Lipinski definition) is 1. The molecule has 1 heterocycles. The number of hydrogen-bond acceptors (Lipinski definition) is 5. The van der Waals surface area contributed by atoms with E-state index in [1.165, 1.54) is 16.7 Å². The van der Waals surface area contributed by atoms with Crippen LogP contribution in [-0.2, 0) is 9.59 Å². The van der Waals surface area contributed by atoms with Gasteiger partial charge in [0, 0.05) is 15.2 Å². The number of carbonyl (C=O) groups excluding carboxylic acids is 2. The lowest BCUT2D eigenvalue weighted by atomic mass is 10.2. The summed E-state index contributed by atoms with van der Waals surface area (Å²) in [5.41, 5.74) is 3.08. The van der Waals surface area contributed by atoms with Crippen LogP contribution in [0.5, 0.6) is 5.75 Å². The van der Waals surface area contributed by atoms with Gasteiger partial charge in [-0.25, -0.2) is 0 Å². The van der Waals surface area contributed by atoms with Crippen LogP contribution in [0.25, 0.3) is 6.08 Å². The minimum Gasteiger partial charge on any atom is -0.484 e. The van der Waals surface area contributed by atoms with E-state index in [2.05, 4.69) is 21.2 Å². The number of anilines is 2. The molecule has 172 valence electrons. The fourth-order valence-electron chi connectivity index (χ4n) is 3.10. The lowest BCUT2D eigenvalue weighted by Gasteiger charge is -2.15. The Bertz CT molecular complexity index is 1290. The molecular weight excluding hydrogens is 556 g/mol. The summed E-state index contributed by atoms with van der Waals surface area (Å²) in [6, 6.07) is 19.8. The van der Waals surface area contributed by atoms with Gasteiger partial charge in [0.1, 0.15) is 5.75 Å². The smallest absolute Gasteiger partial charge is 0.270 e.